The van der Waals surface area contributed by atoms with Crippen molar-refractivity contribution in [2.75, 3.05) is 24.5 Å². The highest BCUT2D eigenvalue weighted by atomic mass is 35.5. The Hall–Kier alpha value is -1.89. The van der Waals surface area contributed by atoms with Crippen molar-refractivity contribution in [1.29, 1.82) is 0 Å². The summed E-state index contributed by atoms with van der Waals surface area (Å²) in [6.45, 7) is 4.88. The van der Waals surface area contributed by atoms with Crippen LogP contribution in [0, 0.1) is 0 Å². The van der Waals surface area contributed by atoms with Gasteiger partial charge < -0.3 is 4.90 Å². The van der Waals surface area contributed by atoms with Gasteiger partial charge in [-0.15, -0.1) is 0 Å². The van der Waals surface area contributed by atoms with E-state index in [4.69, 9.17) is 11.6 Å². The smallest absolute Gasteiger partial charge is 0.259 e. The van der Waals surface area contributed by atoms with Crippen molar-refractivity contribution in [2.24, 2.45) is 0 Å². The Morgan fingerprint density at radius 1 is 1.15 bits per heavy atom. The number of benzene rings is 2. The molecule has 2 aromatic carbocycles. The van der Waals surface area contributed by atoms with E-state index in [0.717, 1.165) is 24.1 Å². The van der Waals surface area contributed by atoms with Gasteiger partial charge in [0.15, 0.2) is 0 Å². The van der Waals surface area contributed by atoms with Crippen LogP contribution < -0.4 is 4.90 Å². The summed E-state index contributed by atoms with van der Waals surface area (Å²) in [5.74, 6) is -0.274. The number of para-hydroxylation sites is 1. The maximum atomic E-state index is 13.2. The maximum Gasteiger partial charge on any atom is 0.259 e. The molecule has 2 aromatic rings. The molecule has 5 nitrogen and oxygen atoms in total. The number of carbonyl (C=O) groups is 1. The second-order valence-corrected chi connectivity index (χ2v) is 8.77. The van der Waals surface area contributed by atoms with Crippen LogP contribution in [0.5, 0.6) is 0 Å². The Labute approximate surface area is 165 Å². The first-order valence-electron chi connectivity index (χ1n) is 9.09. The van der Waals surface area contributed by atoms with Gasteiger partial charge in [0, 0.05) is 25.3 Å². The number of rotatable bonds is 5. The Balaban J connectivity index is 2.02. The number of sulfonamides is 1. The summed E-state index contributed by atoms with van der Waals surface area (Å²) in [7, 11) is -3.66. The van der Waals surface area contributed by atoms with Gasteiger partial charge in [-0.3, -0.25) is 4.79 Å². The third kappa shape index (κ3) is 3.74. The van der Waals surface area contributed by atoms with Crippen LogP contribution in [0.1, 0.15) is 36.2 Å². The van der Waals surface area contributed by atoms with Gasteiger partial charge in [-0.05, 0) is 42.7 Å². The van der Waals surface area contributed by atoms with E-state index in [2.05, 4.69) is 0 Å². The molecule has 0 saturated heterocycles. The van der Waals surface area contributed by atoms with E-state index in [1.807, 2.05) is 24.3 Å². The molecular formula is C20H23ClN2O3S. The summed E-state index contributed by atoms with van der Waals surface area (Å²) >= 11 is 6.28. The molecule has 3 rings (SSSR count). The van der Waals surface area contributed by atoms with Gasteiger partial charge in [-0.2, -0.15) is 4.31 Å². The Kier molecular flexibility index (Phi) is 5.89. The molecular weight excluding hydrogens is 384 g/mol. The molecule has 7 heteroatoms. The number of carbonyl (C=O) groups excluding carboxylic acids is 1. The summed E-state index contributed by atoms with van der Waals surface area (Å²) in [6.07, 6.45) is 1.78. The fourth-order valence-electron chi connectivity index (χ4n) is 3.43. The third-order valence-corrected chi connectivity index (χ3v) is 7.24. The minimum Gasteiger partial charge on any atom is -0.308 e. The average Bonchev–Trinajstić information content (AvgIpc) is 2.68. The summed E-state index contributed by atoms with van der Waals surface area (Å²) in [5, 5.41) is 0.251. The molecule has 1 aliphatic rings. The lowest BCUT2D eigenvalue weighted by Crippen LogP contribution is -2.36. The van der Waals surface area contributed by atoms with Gasteiger partial charge in [0.1, 0.15) is 0 Å². The molecule has 1 amide bonds. The van der Waals surface area contributed by atoms with E-state index >= 15 is 0 Å². The lowest BCUT2D eigenvalue weighted by atomic mass is 10.0. The Morgan fingerprint density at radius 3 is 2.56 bits per heavy atom. The molecule has 1 heterocycles. The minimum atomic E-state index is -3.66. The average molecular weight is 407 g/mol. The lowest BCUT2D eigenvalue weighted by Gasteiger charge is -2.30. The van der Waals surface area contributed by atoms with E-state index in [9.17, 15) is 13.2 Å². The van der Waals surface area contributed by atoms with Crippen LogP contribution in [0.15, 0.2) is 47.4 Å². The van der Waals surface area contributed by atoms with E-state index in [1.54, 1.807) is 18.7 Å². The molecule has 0 N–H and O–H groups in total. The van der Waals surface area contributed by atoms with Gasteiger partial charge >= 0.3 is 0 Å². The lowest BCUT2D eigenvalue weighted by molar-refractivity contribution is 0.0985. The van der Waals surface area contributed by atoms with Crippen LogP contribution in [-0.4, -0.2) is 38.3 Å². The zero-order valence-corrected chi connectivity index (χ0v) is 17.1. The molecule has 0 unspecified atom stereocenters. The summed E-state index contributed by atoms with van der Waals surface area (Å²) in [4.78, 5) is 15.0. The zero-order chi connectivity index (χ0) is 19.6. The van der Waals surface area contributed by atoms with E-state index < -0.39 is 10.0 Å². The van der Waals surface area contributed by atoms with Gasteiger partial charge in [0.05, 0.1) is 15.5 Å². The second-order valence-electron chi connectivity index (χ2n) is 6.42. The number of amides is 1. The quantitative estimate of drug-likeness (QED) is 0.755. The number of hydrogen-bond acceptors (Lipinski definition) is 3. The monoisotopic (exact) mass is 406 g/mol. The molecule has 0 spiro atoms. The Bertz CT molecular complexity index is 955. The van der Waals surface area contributed by atoms with Crippen LogP contribution >= 0.6 is 11.6 Å². The first-order valence-corrected chi connectivity index (χ1v) is 10.9. The number of nitrogens with zero attached hydrogens (tertiary/aromatic N) is 2. The van der Waals surface area contributed by atoms with Gasteiger partial charge in [-0.1, -0.05) is 43.6 Å². The van der Waals surface area contributed by atoms with E-state index in [0.29, 0.717) is 19.6 Å². The molecule has 1 aliphatic heterocycles. The molecule has 0 saturated carbocycles. The molecule has 0 fully saturated rings. The SMILES string of the molecule is CCN(CC)S(=O)(=O)c1ccc(Cl)c(C(=O)N2CCCc3ccccc32)c1. The van der Waals surface area contributed by atoms with Crippen molar-refractivity contribution in [2.45, 2.75) is 31.6 Å². The first-order chi connectivity index (χ1) is 12.9. The summed E-state index contributed by atoms with van der Waals surface area (Å²) in [5.41, 5.74) is 2.18. The van der Waals surface area contributed by atoms with Crippen LogP contribution in [0.2, 0.25) is 5.02 Å². The standard InChI is InChI=1S/C20H23ClN2O3S/c1-3-22(4-2)27(25,26)16-11-12-18(21)17(14-16)20(24)23-13-7-9-15-8-5-6-10-19(15)23/h5-6,8,10-12,14H,3-4,7,9,13H2,1-2H3. The highest BCUT2D eigenvalue weighted by molar-refractivity contribution is 7.89. The number of aryl methyl sites for hydroxylation is 1. The predicted molar refractivity (Wildman–Crippen MR) is 108 cm³/mol. The molecule has 27 heavy (non-hydrogen) atoms. The number of hydrogen-bond donors (Lipinski definition) is 0. The topological polar surface area (TPSA) is 57.7 Å². The predicted octanol–water partition coefficient (Wildman–Crippen LogP) is 3.96. The van der Waals surface area contributed by atoms with Crippen molar-refractivity contribution >= 4 is 33.2 Å². The zero-order valence-electron chi connectivity index (χ0n) is 15.5. The molecule has 0 atom stereocenters. The number of halogens is 1. The van der Waals surface area contributed by atoms with Crippen molar-refractivity contribution in [3.05, 3.63) is 58.6 Å². The van der Waals surface area contributed by atoms with E-state index in [1.165, 1.54) is 22.5 Å². The van der Waals surface area contributed by atoms with Gasteiger partial charge in [0.2, 0.25) is 10.0 Å². The minimum absolute atomic E-state index is 0.0873. The van der Waals surface area contributed by atoms with E-state index in [-0.39, 0.29) is 21.4 Å². The molecule has 0 radical (unpaired) electrons. The van der Waals surface area contributed by atoms with Crippen molar-refractivity contribution in [3.8, 4) is 0 Å². The normalized spacial score (nSPS) is 14.3. The number of anilines is 1. The highest BCUT2D eigenvalue weighted by Crippen LogP contribution is 2.31. The summed E-state index contributed by atoms with van der Waals surface area (Å²) in [6, 6.07) is 12.1. The van der Waals surface area contributed by atoms with Gasteiger partial charge in [0.25, 0.3) is 5.91 Å². The van der Waals surface area contributed by atoms with Crippen LogP contribution in [0.3, 0.4) is 0 Å². The number of fused-ring (bicyclic) bond motifs is 1. The van der Waals surface area contributed by atoms with Crippen LogP contribution in [-0.2, 0) is 16.4 Å². The Morgan fingerprint density at radius 2 is 1.85 bits per heavy atom. The fraction of sp³-hybridized carbons (Fsp3) is 0.350. The fourth-order valence-corrected chi connectivity index (χ4v) is 5.11. The highest BCUT2D eigenvalue weighted by Gasteiger charge is 2.28. The van der Waals surface area contributed by atoms with Crippen molar-refractivity contribution in [1.82, 2.24) is 4.31 Å². The molecule has 0 bridgehead atoms. The molecule has 144 valence electrons. The first kappa shape index (κ1) is 19.9. The van der Waals surface area contributed by atoms with Gasteiger partial charge in [-0.25, -0.2) is 8.42 Å². The van der Waals surface area contributed by atoms with Crippen molar-refractivity contribution < 1.29 is 13.2 Å². The largest absolute Gasteiger partial charge is 0.308 e. The molecule has 0 aromatic heterocycles. The van der Waals surface area contributed by atoms with Crippen LogP contribution in [0.4, 0.5) is 5.69 Å². The van der Waals surface area contributed by atoms with Crippen molar-refractivity contribution in [3.63, 3.8) is 0 Å². The second kappa shape index (κ2) is 8.00. The third-order valence-electron chi connectivity index (χ3n) is 4.87. The maximum absolute atomic E-state index is 13.2. The summed E-state index contributed by atoms with van der Waals surface area (Å²) < 4.78 is 27.0. The van der Waals surface area contributed by atoms with Crippen LogP contribution in [0.25, 0.3) is 0 Å². The molecule has 0 aliphatic carbocycles.